The summed E-state index contributed by atoms with van der Waals surface area (Å²) in [6.07, 6.45) is 1.99. The first-order valence-corrected chi connectivity index (χ1v) is 9.44. The first kappa shape index (κ1) is 19.4. The third-order valence-electron chi connectivity index (χ3n) is 5.46. The van der Waals surface area contributed by atoms with Gasteiger partial charge in [0.1, 0.15) is 12.6 Å². The Kier molecular flexibility index (Phi) is 6.11. The van der Waals surface area contributed by atoms with Gasteiger partial charge in [-0.3, -0.25) is 14.4 Å². The van der Waals surface area contributed by atoms with Crippen LogP contribution < -0.4 is 5.32 Å². The summed E-state index contributed by atoms with van der Waals surface area (Å²) >= 11 is 0. The molecule has 3 rings (SSSR count). The summed E-state index contributed by atoms with van der Waals surface area (Å²) in [6, 6.07) is 8.81. The van der Waals surface area contributed by atoms with Crippen LogP contribution in [0.3, 0.4) is 0 Å². The summed E-state index contributed by atoms with van der Waals surface area (Å²) in [5.74, 6) is -1.53. The molecule has 0 unspecified atom stereocenters. The average Bonchev–Trinajstić information content (AvgIpc) is 2.66. The van der Waals surface area contributed by atoms with E-state index in [2.05, 4.69) is 5.32 Å². The summed E-state index contributed by atoms with van der Waals surface area (Å²) in [6.45, 7) is 2.13. The number of rotatable bonds is 5. The molecule has 0 spiro atoms. The van der Waals surface area contributed by atoms with Crippen molar-refractivity contribution < 1.29 is 24.2 Å². The Morgan fingerprint density at radius 3 is 2.48 bits per heavy atom. The standard InChI is InChI=1S/C20H26N2O5/c1-13-18(19(24)21-16-9-7-15(8-10-16)20(25)26)22(17(23)12-27-13)11-14-5-3-2-4-6-14/h2-6,13,15-16,18H,7-12H2,1H3,(H,21,24)(H,25,26)/t13-,15?,16?,18+/m1/s1. The lowest BCUT2D eigenvalue weighted by Gasteiger charge is -2.39. The number of hydrogen-bond acceptors (Lipinski definition) is 4. The van der Waals surface area contributed by atoms with Gasteiger partial charge in [0.25, 0.3) is 0 Å². The number of benzene rings is 1. The van der Waals surface area contributed by atoms with Crippen LogP contribution in [-0.2, 0) is 25.7 Å². The number of hydrogen-bond donors (Lipinski definition) is 2. The topological polar surface area (TPSA) is 95.9 Å². The smallest absolute Gasteiger partial charge is 0.306 e. The predicted octanol–water partition coefficient (Wildman–Crippen LogP) is 1.56. The lowest BCUT2D eigenvalue weighted by Crippen LogP contribution is -2.60. The molecule has 0 aromatic heterocycles. The van der Waals surface area contributed by atoms with Gasteiger partial charge in [-0.1, -0.05) is 30.3 Å². The second-order valence-corrected chi connectivity index (χ2v) is 7.36. The zero-order valence-corrected chi connectivity index (χ0v) is 15.5. The molecule has 2 fully saturated rings. The van der Waals surface area contributed by atoms with Crippen LogP contribution in [0.4, 0.5) is 0 Å². The highest BCUT2D eigenvalue weighted by Crippen LogP contribution is 2.25. The summed E-state index contributed by atoms with van der Waals surface area (Å²) in [4.78, 5) is 38.0. The molecule has 2 aliphatic rings. The third kappa shape index (κ3) is 4.66. The minimum Gasteiger partial charge on any atom is -0.481 e. The van der Waals surface area contributed by atoms with Gasteiger partial charge in [-0.05, 0) is 38.2 Å². The lowest BCUT2D eigenvalue weighted by atomic mass is 9.86. The summed E-state index contributed by atoms with van der Waals surface area (Å²) in [7, 11) is 0. The number of carboxylic acid groups (broad SMARTS) is 1. The van der Waals surface area contributed by atoms with Crippen LogP contribution in [0.1, 0.15) is 38.2 Å². The molecule has 1 aliphatic carbocycles. The number of amides is 2. The fraction of sp³-hybridized carbons (Fsp3) is 0.550. The first-order chi connectivity index (χ1) is 13.0. The molecule has 146 valence electrons. The largest absolute Gasteiger partial charge is 0.481 e. The SMILES string of the molecule is C[C@H]1OCC(=O)N(Cc2ccccc2)[C@@H]1C(=O)NC1CCC(C(=O)O)CC1. The molecule has 0 bridgehead atoms. The molecule has 0 radical (unpaired) electrons. The number of carbonyl (C=O) groups is 3. The minimum absolute atomic E-state index is 0.0263. The van der Waals surface area contributed by atoms with E-state index in [0.717, 1.165) is 5.56 Å². The van der Waals surface area contributed by atoms with Gasteiger partial charge in [-0.2, -0.15) is 0 Å². The van der Waals surface area contributed by atoms with Gasteiger partial charge < -0.3 is 20.1 Å². The molecule has 1 saturated heterocycles. The molecular weight excluding hydrogens is 348 g/mol. The molecule has 2 N–H and O–H groups in total. The zero-order valence-electron chi connectivity index (χ0n) is 15.5. The highest BCUT2D eigenvalue weighted by Gasteiger charge is 2.40. The van der Waals surface area contributed by atoms with E-state index in [9.17, 15) is 14.4 Å². The maximum Gasteiger partial charge on any atom is 0.306 e. The van der Waals surface area contributed by atoms with Crippen LogP contribution in [0.25, 0.3) is 0 Å². The Morgan fingerprint density at radius 1 is 1.19 bits per heavy atom. The van der Waals surface area contributed by atoms with Gasteiger partial charge in [-0.25, -0.2) is 0 Å². The Hall–Kier alpha value is -2.41. The molecule has 7 heteroatoms. The molecule has 2 atom stereocenters. The molecule has 7 nitrogen and oxygen atoms in total. The number of aliphatic carboxylic acids is 1. The average molecular weight is 374 g/mol. The van der Waals surface area contributed by atoms with Crippen LogP contribution in [0.5, 0.6) is 0 Å². The lowest BCUT2D eigenvalue weighted by molar-refractivity contribution is -0.163. The molecule has 1 saturated carbocycles. The van der Waals surface area contributed by atoms with Gasteiger partial charge in [0.05, 0.1) is 12.0 Å². The molecule has 27 heavy (non-hydrogen) atoms. The highest BCUT2D eigenvalue weighted by molar-refractivity contribution is 5.89. The number of carbonyl (C=O) groups excluding carboxylic acids is 2. The fourth-order valence-corrected chi connectivity index (χ4v) is 3.88. The van der Waals surface area contributed by atoms with E-state index < -0.39 is 18.1 Å². The van der Waals surface area contributed by atoms with Crippen molar-refractivity contribution in [1.82, 2.24) is 10.2 Å². The molecule has 1 heterocycles. The number of nitrogens with one attached hydrogen (secondary N) is 1. The Labute approximate surface area is 158 Å². The monoisotopic (exact) mass is 374 g/mol. The van der Waals surface area contributed by atoms with Crippen LogP contribution in [-0.4, -0.2) is 52.6 Å². The number of carboxylic acids is 1. The minimum atomic E-state index is -0.770. The quantitative estimate of drug-likeness (QED) is 0.815. The fourth-order valence-electron chi connectivity index (χ4n) is 3.88. The highest BCUT2D eigenvalue weighted by atomic mass is 16.5. The first-order valence-electron chi connectivity index (χ1n) is 9.44. The second kappa shape index (κ2) is 8.52. The van der Waals surface area contributed by atoms with Gasteiger partial charge in [0, 0.05) is 12.6 Å². The van der Waals surface area contributed by atoms with Crippen LogP contribution >= 0.6 is 0 Å². The van der Waals surface area contributed by atoms with Crippen LogP contribution in [0.2, 0.25) is 0 Å². The van der Waals surface area contributed by atoms with E-state index >= 15 is 0 Å². The van der Waals surface area contributed by atoms with Gasteiger partial charge in [0.2, 0.25) is 11.8 Å². The van der Waals surface area contributed by atoms with E-state index in [-0.39, 0.29) is 30.4 Å². The van der Waals surface area contributed by atoms with Crippen molar-refractivity contribution in [2.45, 2.75) is 57.3 Å². The molecule has 1 aliphatic heterocycles. The van der Waals surface area contributed by atoms with Crippen LogP contribution in [0, 0.1) is 5.92 Å². The van der Waals surface area contributed by atoms with Crippen molar-refractivity contribution in [1.29, 1.82) is 0 Å². The predicted molar refractivity (Wildman–Crippen MR) is 97.7 cm³/mol. The van der Waals surface area contributed by atoms with Gasteiger partial charge >= 0.3 is 5.97 Å². The van der Waals surface area contributed by atoms with Crippen LogP contribution in [0.15, 0.2) is 30.3 Å². The Balaban J connectivity index is 1.66. The Bertz CT molecular complexity index is 685. The van der Waals surface area contributed by atoms with E-state index in [1.807, 2.05) is 30.3 Å². The summed E-state index contributed by atoms with van der Waals surface area (Å²) in [5, 5.41) is 12.1. The third-order valence-corrected chi connectivity index (χ3v) is 5.46. The summed E-state index contributed by atoms with van der Waals surface area (Å²) in [5.41, 5.74) is 0.958. The van der Waals surface area contributed by atoms with Gasteiger partial charge in [0.15, 0.2) is 0 Å². The number of morpholine rings is 1. The van der Waals surface area contributed by atoms with Crippen molar-refractivity contribution in [3.63, 3.8) is 0 Å². The zero-order chi connectivity index (χ0) is 19.4. The molecule has 1 aromatic carbocycles. The maximum atomic E-state index is 12.9. The van der Waals surface area contributed by atoms with E-state index in [1.165, 1.54) is 0 Å². The second-order valence-electron chi connectivity index (χ2n) is 7.36. The Morgan fingerprint density at radius 2 is 1.85 bits per heavy atom. The summed E-state index contributed by atoms with van der Waals surface area (Å²) < 4.78 is 5.50. The van der Waals surface area contributed by atoms with Crippen molar-refractivity contribution in [3.05, 3.63) is 35.9 Å². The van der Waals surface area contributed by atoms with Crippen molar-refractivity contribution in [3.8, 4) is 0 Å². The van der Waals surface area contributed by atoms with E-state index in [1.54, 1.807) is 11.8 Å². The van der Waals surface area contributed by atoms with Crippen molar-refractivity contribution in [2.75, 3.05) is 6.61 Å². The maximum absolute atomic E-state index is 12.9. The van der Waals surface area contributed by atoms with E-state index in [0.29, 0.717) is 32.2 Å². The number of ether oxygens (including phenoxy) is 1. The molecular formula is C20H26N2O5. The molecule has 1 aromatic rings. The van der Waals surface area contributed by atoms with Crippen molar-refractivity contribution >= 4 is 17.8 Å². The van der Waals surface area contributed by atoms with E-state index in [4.69, 9.17) is 9.84 Å². The van der Waals surface area contributed by atoms with Crippen molar-refractivity contribution in [2.24, 2.45) is 5.92 Å². The van der Waals surface area contributed by atoms with Gasteiger partial charge in [-0.15, -0.1) is 0 Å². The number of nitrogens with zero attached hydrogens (tertiary/aromatic N) is 1. The normalized spacial score (nSPS) is 28.6. The molecule has 2 amide bonds.